The largest absolute Gasteiger partial charge is 0.327 e. The summed E-state index contributed by atoms with van der Waals surface area (Å²) in [5.41, 5.74) is 5.81. The summed E-state index contributed by atoms with van der Waals surface area (Å²) in [5, 5.41) is 5.60. The van der Waals surface area contributed by atoms with Crippen molar-refractivity contribution in [2.45, 2.75) is 0 Å². The molecule has 13 heavy (non-hydrogen) atoms. The molecule has 0 aliphatic carbocycles. The summed E-state index contributed by atoms with van der Waals surface area (Å²) in [6.07, 6.45) is 2.13. The van der Waals surface area contributed by atoms with E-state index in [9.17, 15) is 4.39 Å². The van der Waals surface area contributed by atoms with Gasteiger partial charge in [0.25, 0.3) is 0 Å². The minimum absolute atomic E-state index is 0.194. The molecule has 0 atom stereocenters. The van der Waals surface area contributed by atoms with Crippen molar-refractivity contribution in [1.82, 2.24) is 9.91 Å². The number of halogens is 1. The molecule has 1 aliphatic heterocycles. The summed E-state index contributed by atoms with van der Waals surface area (Å²) in [7, 11) is 1.83. The lowest BCUT2D eigenvalue weighted by atomic mass is 10.3. The Bertz CT molecular complexity index is 259. The third kappa shape index (κ3) is 2.06. The standard InChI is InChI=1S/C8H13FN4/c1-7-12(2)6-11-13(7)5-8(3-9)4-10/h3,6H,1,4-5,10H2,2H3/b8-3+. The summed E-state index contributed by atoms with van der Waals surface area (Å²) in [5.74, 6) is 0.716. The van der Waals surface area contributed by atoms with Crippen molar-refractivity contribution in [3.05, 3.63) is 24.3 Å². The van der Waals surface area contributed by atoms with Crippen LogP contribution in [-0.2, 0) is 0 Å². The first kappa shape index (κ1) is 9.73. The average molecular weight is 184 g/mol. The Balaban J connectivity index is 2.56. The van der Waals surface area contributed by atoms with Crippen molar-refractivity contribution in [2.75, 3.05) is 20.1 Å². The summed E-state index contributed by atoms with van der Waals surface area (Å²) in [6.45, 7) is 4.32. The molecule has 0 amide bonds. The maximum atomic E-state index is 12.2. The maximum absolute atomic E-state index is 12.2. The average Bonchev–Trinajstić information content (AvgIpc) is 2.45. The van der Waals surface area contributed by atoms with Gasteiger partial charge in [-0.05, 0) is 5.57 Å². The molecular weight excluding hydrogens is 171 g/mol. The van der Waals surface area contributed by atoms with Gasteiger partial charge in [-0.2, -0.15) is 5.10 Å². The summed E-state index contributed by atoms with van der Waals surface area (Å²) in [6, 6.07) is 0. The second-order valence-electron chi connectivity index (χ2n) is 2.79. The number of nitrogens with two attached hydrogens (primary N) is 1. The van der Waals surface area contributed by atoms with Gasteiger partial charge in [-0.25, -0.2) is 9.40 Å². The van der Waals surface area contributed by atoms with E-state index >= 15 is 0 Å². The van der Waals surface area contributed by atoms with Crippen LogP contribution < -0.4 is 5.73 Å². The topological polar surface area (TPSA) is 44.9 Å². The molecule has 0 fully saturated rings. The van der Waals surface area contributed by atoms with E-state index in [0.717, 1.165) is 0 Å². The Morgan fingerprint density at radius 3 is 2.92 bits per heavy atom. The van der Waals surface area contributed by atoms with E-state index in [2.05, 4.69) is 11.7 Å². The zero-order valence-corrected chi connectivity index (χ0v) is 7.57. The van der Waals surface area contributed by atoms with Crippen molar-refractivity contribution in [1.29, 1.82) is 0 Å². The molecule has 72 valence electrons. The molecule has 1 aliphatic rings. The fourth-order valence-electron chi connectivity index (χ4n) is 0.923. The van der Waals surface area contributed by atoms with Crippen LogP contribution in [0.2, 0.25) is 0 Å². The smallest absolute Gasteiger partial charge is 0.123 e. The van der Waals surface area contributed by atoms with E-state index in [1.54, 1.807) is 16.2 Å². The van der Waals surface area contributed by atoms with Crippen molar-refractivity contribution in [3.63, 3.8) is 0 Å². The highest BCUT2D eigenvalue weighted by Crippen LogP contribution is 2.13. The van der Waals surface area contributed by atoms with E-state index < -0.39 is 0 Å². The van der Waals surface area contributed by atoms with E-state index in [-0.39, 0.29) is 6.54 Å². The van der Waals surface area contributed by atoms with Gasteiger partial charge in [-0.3, -0.25) is 0 Å². The molecule has 5 heteroatoms. The second-order valence-corrected chi connectivity index (χ2v) is 2.79. The maximum Gasteiger partial charge on any atom is 0.123 e. The third-order valence-corrected chi connectivity index (χ3v) is 1.84. The van der Waals surface area contributed by atoms with Gasteiger partial charge in [-0.1, -0.05) is 6.58 Å². The van der Waals surface area contributed by atoms with Crippen LogP contribution in [0.5, 0.6) is 0 Å². The van der Waals surface area contributed by atoms with Gasteiger partial charge in [0.15, 0.2) is 0 Å². The Morgan fingerprint density at radius 1 is 1.85 bits per heavy atom. The Morgan fingerprint density at radius 2 is 2.54 bits per heavy atom. The zero-order valence-electron chi connectivity index (χ0n) is 7.57. The van der Waals surface area contributed by atoms with Crippen LogP contribution in [0.4, 0.5) is 4.39 Å². The quantitative estimate of drug-likeness (QED) is 0.693. The molecule has 0 bridgehead atoms. The monoisotopic (exact) mass is 184 g/mol. The van der Waals surface area contributed by atoms with Crippen LogP contribution in [-0.4, -0.2) is 36.4 Å². The van der Waals surface area contributed by atoms with Gasteiger partial charge in [-0.15, -0.1) is 0 Å². The fourth-order valence-corrected chi connectivity index (χ4v) is 0.923. The number of hydrazone groups is 1. The predicted molar refractivity (Wildman–Crippen MR) is 50.3 cm³/mol. The number of rotatable bonds is 3. The van der Waals surface area contributed by atoms with E-state index in [1.807, 2.05) is 7.05 Å². The number of nitrogens with zero attached hydrogens (tertiary/aromatic N) is 3. The lowest BCUT2D eigenvalue weighted by Crippen LogP contribution is -2.24. The van der Waals surface area contributed by atoms with Crippen LogP contribution >= 0.6 is 0 Å². The number of hydrogen-bond acceptors (Lipinski definition) is 4. The number of hydrogen-bond donors (Lipinski definition) is 1. The van der Waals surface area contributed by atoms with Crippen LogP contribution in [0, 0.1) is 0 Å². The van der Waals surface area contributed by atoms with Gasteiger partial charge in [0.2, 0.25) is 0 Å². The van der Waals surface area contributed by atoms with Gasteiger partial charge >= 0.3 is 0 Å². The first-order chi connectivity index (χ1) is 6.19. The highest BCUT2D eigenvalue weighted by molar-refractivity contribution is 5.59. The van der Waals surface area contributed by atoms with Gasteiger partial charge in [0, 0.05) is 13.6 Å². The molecule has 0 unspecified atom stereocenters. The van der Waals surface area contributed by atoms with Crippen LogP contribution in [0.1, 0.15) is 0 Å². The molecule has 0 aromatic heterocycles. The van der Waals surface area contributed by atoms with E-state index in [1.165, 1.54) is 0 Å². The van der Waals surface area contributed by atoms with E-state index in [4.69, 9.17) is 5.73 Å². The lowest BCUT2D eigenvalue weighted by Gasteiger charge is -2.18. The third-order valence-electron chi connectivity index (χ3n) is 1.84. The summed E-state index contributed by atoms with van der Waals surface area (Å²) >= 11 is 0. The predicted octanol–water partition coefficient (Wildman–Crippen LogP) is 0.460. The first-order valence-corrected chi connectivity index (χ1v) is 3.90. The van der Waals surface area contributed by atoms with Crippen molar-refractivity contribution < 1.29 is 4.39 Å². The molecule has 4 nitrogen and oxygen atoms in total. The Hall–Kier alpha value is -1.36. The summed E-state index contributed by atoms with van der Waals surface area (Å²) in [4.78, 5) is 1.76. The van der Waals surface area contributed by atoms with Crippen molar-refractivity contribution in [3.8, 4) is 0 Å². The molecule has 0 radical (unpaired) electrons. The van der Waals surface area contributed by atoms with Crippen molar-refractivity contribution in [2.24, 2.45) is 10.8 Å². The van der Waals surface area contributed by atoms with Crippen LogP contribution in [0.3, 0.4) is 0 Å². The SMILES string of the molecule is C=C1N(C)C=NN1C/C(=C/F)CN. The van der Waals surface area contributed by atoms with Crippen LogP contribution in [0.15, 0.2) is 29.4 Å². The summed E-state index contributed by atoms with van der Waals surface area (Å²) < 4.78 is 12.2. The molecular formula is C8H13FN4. The molecule has 0 aromatic carbocycles. The molecule has 2 N–H and O–H groups in total. The minimum atomic E-state index is 0.194. The fraction of sp³-hybridized carbons (Fsp3) is 0.375. The van der Waals surface area contributed by atoms with Gasteiger partial charge in [0.1, 0.15) is 12.2 Å². The molecule has 0 saturated carbocycles. The highest BCUT2D eigenvalue weighted by Gasteiger charge is 2.16. The molecule has 0 saturated heterocycles. The second kappa shape index (κ2) is 4.04. The molecule has 1 heterocycles. The first-order valence-electron chi connectivity index (χ1n) is 3.90. The lowest BCUT2D eigenvalue weighted by molar-refractivity contribution is 0.359. The van der Waals surface area contributed by atoms with Gasteiger partial charge < -0.3 is 10.6 Å². The van der Waals surface area contributed by atoms with Gasteiger partial charge in [0.05, 0.1) is 12.9 Å². The van der Waals surface area contributed by atoms with E-state index in [0.29, 0.717) is 24.3 Å². The molecule has 0 aromatic rings. The van der Waals surface area contributed by atoms with Crippen molar-refractivity contribution >= 4 is 6.34 Å². The van der Waals surface area contributed by atoms with Crippen LogP contribution in [0.25, 0.3) is 0 Å². The highest BCUT2D eigenvalue weighted by atomic mass is 19.1. The minimum Gasteiger partial charge on any atom is -0.327 e. The zero-order chi connectivity index (χ0) is 9.84. The Labute approximate surface area is 76.8 Å². The molecule has 1 rings (SSSR count). The normalized spacial score (nSPS) is 17.5. The Kier molecular flexibility index (Phi) is 3.02. The molecule has 0 spiro atoms.